The van der Waals surface area contributed by atoms with Crippen LogP contribution in [0.1, 0.15) is 5.56 Å². The Hall–Kier alpha value is -1.75. The van der Waals surface area contributed by atoms with Crippen LogP contribution < -0.4 is 0 Å². The molecule has 0 spiro atoms. The van der Waals surface area contributed by atoms with Gasteiger partial charge < -0.3 is 5.11 Å². The lowest BCUT2D eigenvalue weighted by atomic mass is 9.96. The van der Waals surface area contributed by atoms with E-state index in [0.29, 0.717) is 4.31 Å². The van der Waals surface area contributed by atoms with Crippen molar-refractivity contribution in [1.29, 1.82) is 0 Å². The average Bonchev–Trinajstić information content (AvgIpc) is 2.89. The van der Waals surface area contributed by atoms with E-state index in [1.165, 1.54) is 0 Å². The zero-order valence-electron chi connectivity index (χ0n) is 11.9. The van der Waals surface area contributed by atoms with Crippen LogP contribution in [0.3, 0.4) is 0 Å². The zero-order chi connectivity index (χ0) is 18.3. The minimum atomic E-state index is -4.91. The Kier molecular flexibility index (Phi) is 4.86. The highest BCUT2D eigenvalue weighted by molar-refractivity contribution is 7.88. The predicted molar refractivity (Wildman–Crippen MR) is 71.2 cm³/mol. The van der Waals surface area contributed by atoms with Crippen LogP contribution in [0.15, 0.2) is 18.2 Å². The molecule has 134 valence electrons. The Morgan fingerprint density at radius 1 is 1.21 bits per heavy atom. The molecule has 0 amide bonds. The molecule has 1 aromatic rings. The van der Waals surface area contributed by atoms with Crippen molar-refractivity contribution in [3.63, 3.8) is 0 Å². The number of carbonyl (C=O) groups is 1. The van der Waals surface area contributed by atoms with Crippen molar-refractivity contribution < 1.29 is 40.3 Å². The lowest BCUT2D eigenvalue weighted by molar-refractivity contribution is -0.187. The van der Waals surface area contributed by atoms with Gasteiger partial charge in [-0.2, -0.15) is 13.2 Å². The maximum absolute atomic E-state index is 13.5. The molecule has 2 rings (SSSR count). The van der Waals surface area contributed by atoms with E-state index in [1.54, 1.807) is 0 Å². The monoisotopic (exact) mass is 373 g/mol. The van der Waals surface area contributed by atoms with E-state index in [-0.39, 0.29) is 0 Å². The van der Waals surface area contributed by atoms with E-state index in [2.05, 4.69) is 0 Å². The smallest absolute Gasteiger partial charge is 0.393 e. The van der Waals surface area contributed by atoms with Crippen molar-refractivity contribution >= 4 is 16.0 Å². The molecule has 1 heterocycles. The number of benzene rings is 1. The van der Waals surface area contributed by atoms with Crippen LogP contribution in [0.4, 0.5) is 22.0 Å². The fourth-order valence-corrected chi connectivity index (χ4v) is 4.12. The van der Waals surface area contributed by atoms with Crippen molar-refractivity contribution in [2.75, 3.05) is 13.1 Å². The van der Waals surface area contributed by atoms with Crippen LogP contribution in [0.2, 0.25) is 0 Å². The standard InChI is InChI=1S/C13H12F5NO4S/c14-10-2-1-3-11(15)8(10)6-24(22,23)19-4-7(12(20)21)9(5-19)13(16,17)18/h1-3,7,9H,4-6H2,(H,20,21)/t7-,9-/m1/s1. The number of nitrogens with zero attached hydrogens (tertiary/aromatic N) is 1. The van der Waals surface area contributed by atoms with E-state index in [4.69, 9.17) is 5.11 Å². The van der Waals surface area contributed by atoms with Crippen molar-refractivity contribution in [3.8, 4) is 0 Å². The Morgan fingerprint density at radius 2 is 1.75 bits per heavy atom. The molecule has 0 bridgehead atoms. The number of hydrogen-bond donors (Lipinski definition) is 1. The molecule has 11 heteroatoms. The normalized spacial score (nSPS) is 22.7. The Labute approximate surface area is 133 Å². The molecule has 0 radical (unpaired) electrons. The van der Waals surface area contributed by atoms with Crippen molar-refractivity contribution in [2.45, 2.75) is 11.9 Å². The number of carboxylic acids is 1. The number of aliphatic carboxylic acids is 1. The summed E-state index contributed by atoms with van der Waals surface area (Å²) in [6, 6.07) is 2.64. The molecule has 0 saturated carbocycles. The minimum absolute atomic E-state index is 0.315. The van der Waals surface area contributed by atoms with E-state index in [0.717, 1.165) is 18.2 Å². The SMILES string of the molecule is O=C(O)[C@@H]1CN(S(=O)(=O)Cc2c(F)cccc2F)C[C@H]1C(F)(F)F. The number of alkyl halides is 3. The number of hydrogen-bond acceptors (Lipinski definition) is 3. The van der Waals surface area contributed by atoms with Gasteiger partial charge in [0.2, 0.25) is 10.0 Å². The van der Waals surface area contributed by atoms with Crippen LogP contribution in [0.5, 0.6) is 0 Å². The second-order valence-electron chi connectivity index (χ2n) is 5.37. The summed E-state index contributed by atoms with van der Waals surface area (Å²) in [7, 11) is -4.53. The maximum atomic E-state index is 13.5. The van der Waals surface area contributed by atoms with Gasteiger partial charge in [0, 0.05) is 18.7 Å². The van der Waals surface area contributed by atoms with Crippen LogP contribution >= 0.6 is 0 Å². The number of carboxylic acid groups (broad SMARTS) is 1. The topological polar surface area (TPSA) is 74.7 Å². The van der Waals surface area contributed by atoms with E-state index < -0.39 is 70.0 Å². The Bertz CT molecular complexity index is 729. The molecule has 5 nitrogen and oxygen atoms in total. The molecular weight excluding hydrogens is 361 g/mol. The molecule has 0 unspecified atom stereocenters. The molecule has 1 aromatic carbocycles. The highest BCUT2D eigenvalue weighted by Crippen LogP contribution is 2.39. The van der Waals surface area contributed by atoms with Gasteiger partial charge in [-0.25, -0.2) is 21.5 Å². The third-order valence-electron chi connectivity index (χ3n) is 3.81. The first kappa shape index (κ1) is 18.6. The van der Waals surface area contributed by atoms with E-state index in [9.17, 15) is 35.2 Å². The fourth-order valence-electron chi connectivity index (χ4n) is 2.52. The number of sulfonamides is 1. The summed E-state index contributed by atoms with van der Waals surface area (Å²) in [5.41, 5.74) is -0.806. The van der Waals surface area contributed by atoms with Crippen molar-refractivity contribution in [2.24, 2.45) is 11.8 Å². The van der Waals surface area contributed by atoms with E-state index in [1.807, 2.05) is 0 Å². The van der Waals surface area contributed by atoms with Gasteiger partial charge in [-0.05, 0) is 12.1 Å². The van der Waals surface area contributed by atoms with Crippen molar-refractivity contribution in [3.05, 3.63) is 35.4 Å². The molecule has 0 aliphatic carbocycles. The van der Waals surface area contributed by atoms with Crippen LogP contribution in [-0.2, 0) is 20.6 Å². The Morgan fingerprint density at radius 3 is 2.17 bits per heavy atom. The number of halogens is 5. The van der Waals surface area contributed by atoms with Crippen molar-refractivity contribution in [1.82, 2.24) is 4.31 Å². The van der Waals surface area contributed by atoms with Crippen LogP contribution in [0, 0.1) is 23.5 Å². The summed E-state index contributed by atoms with van der Waals surface area (Å²) in [5.74, 6) is -9.63. The minimum Gasteiger partial charge on any atom is -0.481 e. The molecule has 0 aromatic heterocycles. The molecule has 1 aliphatic heterocycles. The second kappa shape index (κ2) is 6.28. The van der Waals surface area contributed by atoms with Crippen LogP contribution in [0.25, 0.3) is 0 Å². The number of rotatable bonds is 4. The highest BCUT2D eigenvalue weighted by Gasteiger charge is 2.54. The third-order valence-corrected chi connectivity index (χ3v) is 5.54. The lowest BCUT2D eigenvalue weighted by Gasteiger charge is -2.18. The van der Waals surface area contributed by atoms with E-state index >= 15 is 0 Å². The van der Waals surface area contributed by atoms with Gasteiger partial charge in [0.1, 0.15) is 11.6 Å². The van der Waals surface area contributed by atoms with Gasteiger partial charge in [-0.1, -0.05) is 6.07 Å². The summed E-state index contributed by atoms with van der Waals surface area (Å²) < 4.78 is 90.4. The largest absolute Gasteiger partial charge is 0.481 e. The van der Waals surface area contributed by atoms with Gasteiger partial charge >= 0.3 is 12.1 Å². The van der Waals surface area contributed by atoms with Gasteiger partial charge in [-0.15, -0.1) is 0 Å². The highest BCUT2D eigenvalue weighted by atomic mass is 32.2. The summed E-state index contributed by atoms with van der Waals surface area (Å²) >= 11 is 0. The molecule has 1 N–H and O–H groups in total. The average molecular weight is 373 g/mol. The first-order valence-electron chi connectivity index (χ1n) is 6.63. The molecule has 1 saturated heterocycles. The quantitative estimate of drug-likeness (QED) is 0.820. The summed E-state index contributed by atoms with van der Waals surface area (Å²) in [5, 5.41) is 8.87. The third kappa shape index (κ3) is 3.66. The molecule has 24 heavy (non-hydrogen) atoms. The second-order valence-corrected chi connectivity index (χ2v) is 7.34. The summed E-state index contributed by atoms with van der Waals surface area (Å²) in [4.78, 5) is 11.0. The first-order valence-corrected chi connectivity index (χ1v) is 8.24. The summed E-state index contributed by atoms with van der Waals surface area (Å²) in [6.45, 7) is -2.00. The Balaban J connectivity index is 2.29. The first-order chi connectivity index (χ1) is 10.9. The summed E-state index contributed by atoms with van der Waals surface area (Å²) in [6.07, 6.45) is -4.91. The van der Waals surface area contributed by atoms with Gasteiger partial charge in [-0.3, -0.25) is 4.79 Å². The molecule has 2 atom stereocenters. The molecule has 1 aliphatic rings. The predicted octanol–water partition coefficient (Wildman–Crippen LogP) is 1.99. The fraction of sp³-hybridized carbons (Fsp3) is 0.462. The van der Waals surface area contributed by atoms with Gasteiger partial charge in [0.25, 0.3) is 0 Å². The molecular formula is C13H12F5NO4S. The molecule has 1 fully saturated rings. The van der Waals surface area contributed by atoms with Gasteiger partial charge in [0.05, 0.1) is 17.6 Å². The zero-order valence-corrected chi connectivity index (χ0v) is 12.7. The maximum Gasteiger partial charge on any atom is 0.393 e. The van der Waals surface area contributed by atoms with Crippen LogP contribution in [-0.4, -0.2) is 43.1 Å². The lowest BCUT2D eigenvalue weighted by Crippen LogP contribution is -2.34. The van der Waals surface area contributed by atoms with Gasteiger partial charge in [0.15, 0.2) is 0 Å².